The van der Waals surface area contributed by atoms with Crippen LogP contribution in [0.2, 0.25) is 0 Å². The molecular weight excluding hydrogens is 779 g/mol. The topological polar surface area (TPSA) is 25.6 Å². The van der Waals surface area contributed by atoms with Gasteiger partial charge in [0, 0.05) is 38.8 Å². The fourth-order valence-corrected chi connectivity index (χ4v) is 10.7. The number of furan rings is 1. The first-order chi connectivity index (χ1) is 31.8. The normalized spacial score (nSPS) is 12.9. The first-order valence-electron chi connectivity index (χ1n) is 21.9. The predicted molar refractivity (Wildman–Crippen MR) is 262 cm³/mol. The SMILES string of the molecule is c1ccc(-c2ccccc2-c2ccccc2-c2ccccc2N(c2ccc3c(c2)C2(c4ccccc4Oc4ccccc42)c2ccccc2-3)c2ccc3oc4ccccc4c3c2)cc1. The Balaban J connectivity index is 1.09. The van der Waals surface area contributed by atoms with Gasteiger partial charge in [-0.15, -0.1) is 0 Å². The van der Waals surface area contributed by atoms with Gasteiger partial charge in [0.25, 0.3) is 0 Å². The summed E-state index contributed by atoms with van der Waals surface area (Å²) < 4.78 is 13.1. The summed E-state index contributed by atoms with van der Waals surface area (Å²) in [5.74, 6) is 1.75. The number of benzene rings is 10. The minimum atomic E-state index is -0.614. The fraction of sp³-hybridized carbons (Fsp3) is 0.0164. The maximum atomic E-state index is 6.71. The zero-order chi connectivity index (χ0) is 42.2. The van der Waals surface area contributed by atoms with Crippen molar-refractivity contribution in [3.63, 3.8) is 0 Å². The number of nitrogens with zero attached hydrogens (tertiary/aromatic N) is 1. The summed E-state index contributed by atoms with van der Waals surface area (Å²) in [6.07, 6.45) is 0. The minimum absolute atomic E-state index is 0.614. The predicted octanol–water partition coefficient (Wildman–Crippen LogP) is 16.5. The lowest BCUT2D eigenvalue weighted by molar-refractivity contribution is 0.436. The number of ether oxygens (including phenoxy) is 1. The summed E-state index contributed by atoms with van der Waals surface area (Å²) in [5.41, 5.74) is 18.5. The van der Waals surface area contributed by atoms with Crippen LogP contribution in [-0.2, 0) is 5.41 Å². The Labute approximate surface area is 371 Å². The van der Waals surface area contributed by atoms with Gasteiger partial charge >= 0.3 is 0 Å². The number of fused-ring (bicyclic) bond motifs is 12. The Morgan fingerprint density at radius 3 is 1.56 bits per heavy atom. The molecule has 0 saturated carbocycles. The summed E-state index contributed by atoms with van der Waals surface area (Å²) >= 11 is 0. The number of rotatable bonds is 6. The van der Waals surface area contributed by atoms with Gasteiger partial charge in [-0.05, 0) is 105 Å². The average molecular weight is 818 g/mol. The number of para-hydroxylation sites is 4. The number of anilines is 3. The van der Waals surface area contributed by atoms with E-state index in [9.17, 15) is 0 Å². The van der Waals surface area contributed by atoms with Gasteiger partial charge in [0.2, 0.25) is 0 Å². The third kappa shape index (κ3) is 5.34. The van der Waals surface area contributed by atoms with Crippen molar-refractivity contribution in [2.45, 2.75) is 5.41 Å². The van der Waals surface area contributed by atoms with Gasteiger partial charge in [-0.2, -0.15) is 0 Å². The lowest BCUT2D eigenvalue weighted by Crippen LogP contribution is -2.32. The van der Waals surface area contributed by atoms with Crippen LogP contribution < -0.4 is 9.64 Å². The van der Waals surface area contributed by atoms with Gasteiger partial charge in [0.1, 0.15) is 22.7 Å². The Bertz CT molecular complexity index is 3570. The van der Waals surface area contributed by atoms with Crippen LogP contribution in [0, 0.1) is 0 Å². The molecule has 0 N–H and O–H groups in total. The second-order valence-corrected chi connectivity index (χ2v) is 16.7. The molecule has 11 aromatic rings. The van der Waals surface area contributed by atoms with Crippen LogP contribution in [0.4, 0.5) is 17.1 Å². The zero-order valence-electron chi connectivity index (χ0n) is 34.8. The van der Waals surface area contributed by atoms with E-state index in [0.29, 0.717) is 0 Å². The molecule has 0 fully saturated rings. The van der Waals surface area contributed by atoms with Crippen molar-refractivity contribution < 1.29 is 9.15 Å². The lowest BCUT2D eigenvalue weighted by atomic mass is 9.66. The van der Waals surface area contributed by atoms with E-state index < -0.39 is 5.41 Å². The van der Waals surface area contributed by atoms with Crippen LogP contribution in [0.3, 0.4) is 0 Å². The molecule has 0 saturated heterocycles. The molecule has 1 aliphatic carbocycles. The van der Waals surface area contributed by atoms with E-state index in [-0.39, 0.29) is 0 Å². The number of hydrogen-bond donors (Lipinski definition) is 0. The molecule has 0 unspecified atom stereocenters. The molecule has 3 heteroatoms. The molecule has 64 heavy (non-hydrogen) atoms. The Kier molecular flexibility index (Phi) is 8.13. The molecule has 0 bridgehead atoms. The monoisotopic (exact) mass is 817 g/mol. The lowest BCUT2D eigenvalue weighted by Gasteiger charge is -2.39. The van der Waals surface area contributed by atoms with Crippen molar-refractivity contribution in [3.05, 3.63) is 259 Å². The third-order valence-electron chi connectivity index (χ3n) is 13.4. The highest BCUT2D eigenvalue weighted by molar-refractivity contribution is 6.07. The highest BCUT2D eigenvalue weighted by Crippen LogP contribution is 2.63. The maximum absolute atomic E-state index is 6.71. The van der Waals surface area contributed by atoms with Crippen LogP contribution in [0.5, 0.6) is 11.5 Å². The zero-order valence-corrected chi connectivity index (χ0v) is 34.8. The first kappa shape index (κ1) is 36.3. The van der Waals surface area contributed by atoms with Crippen LogP contribution >= 0.6 is 0 Å². The smallest absolute Gasteiger partial charge is 0.135 e. The standard InChI is InChI=1S/C61H39NO2/c1-2-18-40(19-3-1)43-20-4-5-21-44(43)45-22-6-7-23-46(45)49-25-9-14-30-56(49)62(41-35-37-58-51(38-41)50-26-10-15-31-57(50)63-58)42-34-36-48-47-24-8-11-27-52(47)61(55(48)39-42)53-28-12-16-32-59(53)64-60-33-17-13-29-54(60)61/h1-39H. The van der Waals surface area contributed by atoms with E-state index in [1.807, 2.05) is 12.1 Å². The van der Waals surface area contributed by atoms with E-state index in [0.717, 1.165) is 72.8 Å². The summed E-state index contributed by atoms with van der Waals surface area (Å²) in [7, 11) is 0. The fourth-order valence-electron chi connectivity index (χ4n) is 10.7. The number of hydrogen-bond acceptors (Lipinski definition) is 3. The summed E-state index contributed by atoms with van der Waals surface area (Å²) in [4.78, 5) is 2.45. The quantitative estimate of drug-likeness (QED) is 0.167. The van der Waals surface area contributed by atoms with E-state index in [2.05, 4.69) is 229 Å². The minimum Gasteiger partial charge on any atom is -0.457 e. The van der Waals surface area contributed by atoms with Gasteiger partial charge in [-0.25, -0.2) is 0 Å². The molecule has 0 amide bonds. The maximum Gasteiger partial charge on any atom is 0.135 e. The van der Waals surface area contributed by atoms with Crippen molar-refractivity contribution in [2.24, 2.45) is 0 Å². The molecule has 1 spiro atoms. The molecule has 0 atom stereocenters. The van der Waals surface area contributed by atoms with Crippen LogP contribution in [0.15, 0.2) is 241 Å². The third-order valence-corrected chi connectivity index (χ3v) is 13.4. The van der Waals surface area contributed by atoms with E-state index in [1.54, 1.807) is 0 Å². The molecule has 1 aliphatic heterocycles. The highest BCUT2D eigenvalue weighted by Gasteiger charge is 2.51. The summed E-state index contributed by atoms with van der Waals surface area (Å²) in [6, 6.07) is 85.3. The van der Waals surface area contributed by atoms with Crippen molar-refractivity contribution in [3.8, 4) is 56.0 Å². The molecule has 300 valence electrons. The highest BCUT2D eigenvalue weighted by atomic mass is 16.5. The molecule has 0 radical (unpaired) electrons. The molecule has 3 nitrogen and oxygen atoms in total. The first-order valence-corrected chi connectivity index (χ1v) is 21.9. The van der Waals surface area contributed by atoms with Gasteiger partial charge in [0.15, 0.2) is 0 Å². The Hall–Kier alpha value is -8.40. The molecule has 1 aromatic heterocycles. The van der Waals surface area contributed by atoms with E-state index >= 15 is 0 Å². The largest absolute Gasteiger partial charge is 0.457 e. The van der Waals surface area contributed by atoms with Gasteiger partial charge < -0.3 is 14.1 Å². The molecule has 2 heterocycles. The summed E-state index contributed by atoms with van der Waals surface area (Å²) in [6.45, 7) is 0. The second kappa shape index (κ2) is 14.3. The summed E-state index contributed by atoms with van der Waals surface area (Å²) in [5, 5.41) is 2.17. The Morgan fingerprint density at radius 2 is 0.812 bits per heavy atom. The van der Waals surface area contributed by atoms with Gasteiger partial charge in [0.05, 0.1) is 11.1 Å². The van der Waals surface area contributed by atoms with Crippen LogP contribution in [0.25, 0.3) is 66.4 Å². The van der Waals surface area contributed by atoms with Gasteiger partial charge in [-0.1, -0.05) is 182 Å². The van der Waals surface area contributed by atoms with Gasteiger partial charge in [-0.3, -0.25) is 0 Å². The Morgan fingerprint density at radius 1 is 0.312 bits per heavy atom. The van der Waals surface area contributed by atoms with Crippen molar-refractivity contribution in [2.75, 3.05) is 4.90 Å². The van der Waals surface area contributed by atoms with Crippen molar-refractivity contribution in [1.82, 2.24) is 0 Å². The average Bonchev–Trinajstić information content (AvgIpc) is 3.88. The second-order valence-electron chi connectivity index (χ2n) is 16.7. The van der Waals surface area contributed by atoms with Crippen LogP contribution in [-0.4, -0.2) is 0 Å². The molecule has 13 rings (SSSR count). The van der Waals surface area contributed by atoms with E-state index in [4.69, 9.17) is 9.15 Å². The van der Waals surface area contributed by atoms with E-state index in [1.165, 1.54) is 44.5 Å². The van der Waals surface area contributed by atoms with Crippen molar-refractivity contribution >= 4 is 39.0 Å². The molecule has 2 aliphatic rings. The van der Waals surface area contributed by atoms with Crippen LogP contribution in [0.1, 0.15) is 22.3 Å². The molecule has 10 aromatic carbocycles. The molecular formula is C61H39NO2. The van der Waals surface area contributed by atoms with Crippen molar-refractivity contribution in [1.29, 1.82) is 0 Å².